The fraction of sp³-hybridized carbons (Fsp3) is 0.500. The number of carbonyl (C=O) groups excluding carboxylic acids is 2. The third-order valence-corrected chi connectivity index (χ3v) is 11.1. The molecule has 4 rings (SSSR count). The number of hydrogen-bond acceptors (Lipinski definition) is 2. The average molecular weight is 359 g/mol. The molecule has 3 aliphatic rings. The van der Waals surface area contributed by atoms with Crippen molar-refractivity contribution in [1.82, 2.24) is 5.32 Å². The number of imide groups is 1. The zero-order chi connectivity index (χ0) is 12.0. The average Bonchev–Trinajstić information content (AvgIpc) is 2.87. The Morgan fingerprint density at radius 3 is 2.71 bits per heavy atom. The first-order valence-corrected chi connectivity index (χ1v) is 9.30. The van der Waals surface area contributed by atoms with E-state index in [9.17, 15) is 9.59 Å². The van der Waals surface area contributed by atoms with Gasteiger partial charge in [0.2, 0.25) is 0 Å². The first-order valence-electron chi connectivity index (χ1n) is 5.61. The fourth-order valence-electron chi connectivity index (χ4n) is 3.62. The van der Waals surface area contributed by atoms with Crippen molar-refractivity contribution in [3.63, 3.8) is 0 Å². The Labute approximate surface area is 111 Å². The van der Waals surface area contributed by atoms with E-state index in [1.54, 1.807) is 0 Å². The standard InChI is InChI=1S/C12H11NO2Se2/c1-11-6-7-5(3-4-16-7)17-8(6)12(11,2)10(15)13-9(11)14/h3-4,6,8H,1-2H3,(H,13,14,15)/t6-,8+,11-,12+/m0/s1. The van der Waals surface area contributed by atoms with Gasteiger partial charge in [-0.25, -0.2) is 0 Å². The zero-order valence-electron chi connectivity index (χ0n) is 9.44. The number of amides is 2. The van der Waals surface area contributed by atoms with Crippen LogP contribution in [0.3, 0.4) is 0 Å². The van der Waals surface area contributed by atoms with Crippen molar-refractivity contribution in [1.29, 1.82) is 0 Å². The summed E-state index contributed by atoms with van der Waals surface area (Å²) in [5.74, 6) is 0.272. The van der Waals surface area contributed by atoms with Gasteiger partial charge in [0.1, 0.15) is 0 Å². The Balaban J connectivity index is 1.94. The van der Waals surface area contributed by atoms with E-state index in [0.29, 0.717) is 40.2 Å². The Morgan fingerprint density at radius 1 is 1.24 bits per heavy atom. The summed E-state index contributed by atoms with van der Waals surface area (Å²) in [5.41, 5.74) is -0.912. The SMILES string of the molecule is C[C@@]12C(=O)NC(=O)[C@]1(C)[C@H]1c3[se]ccc3[Se][C@H]12. The number of rotatable bonds is 0. The van der Waals surface area contributed by atoms with Gasteiger partial charge < -0.3 is 0 Å². The van der Waals surface area contributed by atoms with Crippen LogP contribution in [0.4, 0.5) is 0 Å². The van der Waals surface area contributed by atoms with Crippen molar-refractivity contribution >= 4 is 45.7 Å². The molecule has 1 aromatic rings. The van der Waals surface area contributed by atoms with Crippen LogP contribution in [0.1, 0.15) is 24.2 Å². The summed E-state index contributed by atoms with van der Waals surface area (Å²) in [6.45, 7) is 3.99. The molecule has 1 aromatic heterocycles. The number of hydrogen-bond donors (Lipinski definition) is 1. The zero-order valence-corrected chi connectivity index (χ0v) is 12.9. The molecule has 1 saturated heterocycles. The molecule has 0 unspecified atom stereocenters. The monoisotopic (exact) mass is 361 g/mol. The molecule has 0 spiro atoms. The quantitative estimate of drug-likeness (QED) is 0.508. The second kappa shape index (κ2) is 2.80. The van der Waals surface area contributed by atoms with Crippen molar-refractivity contribution in [3.05, 3.63) is 15.4 Å². The van der Waals surface area contributed by atoms with E-state index in [1.807, 2.05) is 13.8 Å². The van der Waals surface area contributed by atoms with E-state index in [0.717, 1.165) is 0 Å². The van der Waals surface area contributed by atoms with Crippen molar-refractivity contribution in [2.75, 3.05) is 0 Å². The van der Waals surface area contributed by atoms with Crippen LogP contribution in [0.2, 0.25) is 4.82 Å². The van der Waals surface area contributed by atoms with E-state index in [4.69, 9.17) is 0 Å². The van der Waals surface area contributed by atoms with E-state index >= 15 is 0 Å². The first-order chi connectivity index (χ1) is 8.01. The molecule has 1 saturated carbocycles. The van der Waals surface area contributed by atoms with Gasteiger partial charge in [-0.1, -0.05) is 0 Å². The van der Waals surface area contributed by atoms with Gasteiger partial charge in [-0.05, 0) is 0 Å². The molecular weight excluding hydrogens is 348 g/mol. The normalized spacial score (nSPS) is 46.0. The van der Waals surface area contributed by atoms with Gasteiger partial charge in [0, 0.05) is 0 Å². The molecule has 2 fully saturated rings. The molecular formula is C12H11NO2Se2. The molecule has 1 aliphatic carbocycles. The predicted octanol–water partition coefficient (Wildman–Crippen LogP) is -0.359. The minimum atomic E-state index is -0.471. The van der Waals surface area contributed by atoms with Crippen LogP contribution < -0.4 is 9.78 Å². The maximum absolute atomic E-state index is 12.1. The van der Waals surface area contributed by atoms with Gasteiger partial charge in [0.15, 0.2) is 0 Å². The van der Waals surface area contributed by atoms with Gasteiger partial charge in [0.05, 0.1) is 0 Å². The molecule has 5 heteroatoms. The summed E-state index contributed by atoms with van der Waals surface area (Å²) in [6, 6.07) is 2.23. The molecule has 1 N–H and O–H groups in total. The van der Waals surface area contributed by atoms with Crippen LogP contribution in [0.5, 0.6) is 0 Å². The van der Waals surface area contributed by atoms with Crippen LogP contribution in [-0.4, -0.2) is 41.3 Å². The van der Waals surface area contributed by atoms with E-state index in [1.165, 1.54) is 8.90 Å². The van der Waals surface area contributed by atoms with E-state index in [2.05, 4.69) is 16.3 Å². The molecule has 88 valence electrons. The summed E-state index contributed by atoms with van der Waals surface area (Å²) < 4.78 is 2.98. The first kappa shape index (κ1) is 10.6. The molecule has 4 atom stereocenters. The minimum absolute atomic E-state index is 0.0363. The Bertz CT molecular complexity index is 581. The van der Waals surface area contributed by atoms with Crippen molar-refractivity contribution < 1.29 is 9.59 Å². The number of fused-ring (bicyclic) bond motifs is 6. The van der Waals surface area contributed by atoms with Crippen molar-refractivity contribution in [3.8, 4) is 0 Å². The molecule has 0 aromatic carbocycles. The predicted molar refractivity (Wildman–Crippen MR) is 64.6 cm³/mol. The Kier molecular flexibility index (Phi) is 1.74. The van der Waals surface area contributed by atoms with Crippen molar-refractivity contribution in [2.24, 2.45) is 10.8 Å². The van der Waals surface area contributed by atoms with Crippen molar-refractivity contribution in [2.45, 2.75) is 24.6 Å². The molecule has 3 nitrogen and oxygen atoms in total. The van der Waals surface area contributed by atoms with Gasteiger partial charge in [-0.3, -0.25) is 0 Å². The van der Waals surface area contributed by atoms with Gasteiger partial charge in [-0.2, -0.15) is 0 Å². The van der Waals surface area contributed by atoms with Gasteiger partial charge >= 0.3 is 111 Å². The van der Waals surface area contributed by atoms with Crippen LogP contribution in [-0.2, 0) is 9.59 Å². The van der Waals surface area contributed by atoms with Crippen LogP contribution in [0.25, 0.3) is 0 Å². The molecule has 2 aliphatic heterocycles. The summed E-state index contributed by atoms with van der Waals surface area (Å²) in [5, 5.41) is 2.56. The summed E-state index contributed by atoms with van der Waals surface area (Å²) in [7, 11) is 0. The van der Waals surface area contributed by atoms with E-state index < -0.39 is 10.8 Å². The summed E-state index contributed by atoms with van der Waals surface area (Å²) >= 11 is 0.803. The molecule has 3 heterocycles. The fourth-order valence-corrected chi connectivity index (χ4v) is 11.5. The third-order valence-electron chi connectivity index (χ3n) is 4.94. The molecule has 0 bridgehead atoms. The number of carbonyl (C=O) groups is 2. The second-order valence-corrected chi connectivity index (χ2v) is 9.82. The number of nitrogens with one attached hydrogen (secondary N) is 1. The maximum atomic E-state index is 12.1. The summed E-state index contributed by atoms with van der Waals surface area (Å²) in [6.07, 6.45) is 0. The van der Waals surface area contributed by atoms with Crippen LogP contribution in [0.15, 0.2) is 11.0 Å². The van der Waals surface area contributed by atoms with Gasteiger partial charge in [0.25, 0.3) is 0 Å². The Morgan fingerprint density at radius 2 is 1.94 bits per heavy atom. The van der Waals surface area contributed by atoms with E-state index in [-0.39, 0.29) is 11.8 Å². The molecule has 17 heavy (non-hydrogen) atoms. The second-order valence-electron chi connectivity index (χ2n) is 5.35. The molecule has 2 amide bonds. The van der Waals surface area contributed by atoms with Crippen LogP contribution in [0, 0.1) is 10.8 Å². The molecule has 0 radical (unpaired) electrons. The van der Waals surface area contributed by atoms with Gasteiger partial charge in [-0.15, -0.1) is 0 Å². The van der Waals surface area contributed by atoms with Crippen LogP contribution >= 0.6 is 0 Å². The summed E-state index contributed by atoms with van der Waals surface area (Å²) in [4.78, 5) is 26.9. The third kappa shape index (κ3) is 0.849. The Hall–Kier alpha value is -0.341. The topological polar surface area (TPSA) is 46.2 Å².